The van der Waals surface area contributed by atoms with Crippen LogP contribution >= 0.6 is 0 Å². The Bertz CT molecular complexity index is 649. The fraction of sp³-hybridized carbons (Fsp3) is 0.0909. The van der Waals surface area contributed by atoms with Crippen molar-refractivity contribution in [3.05, 3.63) is 42.2 Å². The summed E-state index contributed by atoms with van der Waals surface area (Å²) in [5.74, 6) is 0.576. The van der Waals surface area contributed by atoms with Gasteiger partial charge in [-0.25, -0.2) is 13.6 Å². The van der Waals surface area contributed by atoms with Crippen LogP contribution in [0.1, 0.15) is 5.76 Å². The van der Waals surface area contributed by atoms with Gasteiger partial charge in [0.25, 0.3) is 10.0 Å². The van der Waals surface area contributed by atoms with Gasteiger partial charge in [-0.2, -0.15) is 0 Å². The minimum atomic E-state index is -3.81. The maximum absolute atomic E-state index is 11.0. The van der Waals surface area contributed by atoms with E-state index in [1.807, 2.05) is 0 Å². The number of anilines is 1. The van der Waals surface area contributed by atoms with Crippen molar-refractivity contribution >= 4 is 15.7 Å². The highest BCUT2D eigenvalue weighted by atomic mass is 32.2. The van der Waals surface area contributed by atoms with Crippen molar-refractivity contribution in [1.82, 2.24) is 0 Å². The smallest absolute Gasteiger partial charge is 0.271 e. The molecule has 0 saturated carbocycles. The Morgan fingerprint density at radius 1 is 1.28 bits per heavy atom. The van der Waals surface area contributed by atoms with E-state index < -0.39 is 10.0 Å². The third-order valence-corrected chi connectivity index (χ3v) is 3.01. The molecule has 2 rings (SSSR count). The van der Waals surface area contributed by atoms with Gasteiger partial charge in [0.05, 0.1) is 6.54 Å². The lowest BCUT2D eigenvalue weighted by Gasteiger charge is -2.04. The molecule has 4 N–H and O–H groups in total. The molecule has 0 bridgehead atoms. The van der Waals surface area contributed by atoms with Gasteiger partial charge in [0.1, 0.15) is 11.5 Å². The predicted molar refractivity (Wildman–Crippen MR) is 65.5 cm³/mol. The van der Waals surface area contributed by atoms with Crippen LogP contribution in [0.4, 0.5) is 5.69 Å². The standard InChI is InChI=1S/C11H12N2O4S/c12-18(15,16)11-5-4-10(17-11)7-13-8-2-1-3-9(14)6-8/h1-6,13-14H,7H2,(H2,12,15,16). The molecule has 1 aromatic carbocycles. The second-order valence-corrected chi connectivity index (χ2v) is 5.16. The number of nitrogens with two attached hydrogens (primary N) is 1. The molecule has 18 heavy (non-hydrogen) atoms. The van der Waals surface area contributed by atoms with Crippen LogP contribution in [-0.4, -0.2) is 13.5 Å². The zero-order valence-corrected chi connectivity index (χ0v) is 10.1. The number of benzene rings is 1. The Morgan fingerprint density at radius 3 is 2.67 bits per heavy atom. The Balaban J connectivity index is 2.05. The van der Waals surface area contributed by atoms with E-state index in [2.05, 4.69) is 5.32 Å². The first kappa shape index (κ1) is 12.5. The van der Waals surface area contributed by atoms with Gasteiger partial charge in [0.15, 0.2) is 0 Å². The van der Waals surface area contributed by atoms with Gasteiger partial charge < -0.3 is 14.8 Å². The number of hydrogen-bond acceptors (Lipinski definition) is 5. The SMILES string of the molecule is NS(=O)(=O)c1ccc(CNc2cccc(O)c2)o1. The summed E-state index contributed by atoms with van der Waals surface area (Å²) in [6.07, 6.45) is 0. The van der Waals surface area contributed by atoms with Gasteiger partial charge in [-0.05, 0) is 24.3 Å². The molecule has 0 aliphatic heterocycles. The highest BCUT2D eigenvalue weighted by Crippen LogP contribution is 2.17. The third kappa shape index (κ3) is 3.02. The highest BCUT2D eigenvalue weighted by molar-refractivity contribution is 7.89. The van der Waals surface area contributed by atoms with E-state index in [4.69, 9.17) is 9.56 Å². The molecule has 2 aromatic rings. The quantitative estimate of drug-likeness (QED) is 0.773. The maximum atomic E-state index is 11.0. The van der Waals surface area contributed by atoms with Gasteiger partial charge in [-0.15, -0.1) is 0 Å². The molecule has 0 fully saturated rings. The summed E-state index contributed by atoms with van der Waals surface area (Å²) >= 11 is 0. The van der Waals surface area contributed by atoms with Gasteiger partial charge in [0, 0.05) is 11.8 Å². The average Bonchev–Trinajstić information content (AvgIpc) is 2.74. The Kier molecular flexibility index (Phi) is 3.26. The Labute approximate surface area is 104 Å². The molecular weight excluding hydrogens is 256 g/mol. The molecule has 6 nitrogen and oxygen atoms in total. The van der Waals surface area contributed by atoms with Crippen molar-refractivity contribution in [2.24, 2.45) is 5.14 Å². The van der Waals surface area contributed by atoms with E-state index in [1.54, 1.807) is 24.3 Å². The average molecular weight is 268 g/mol. The number of phenols is 1. The lowest BCUT2D eigenvalue weighted by Crippen LogP contribution is -2.10. The van der Waals surface area contributed by atoms with Gasteiger partial charge in [-0.3, -0.25) is 0 Å². The maximum Gasteiger partial charge on any atom is 0.271 e. The first-order chi connectivity index (χ1) is 8.45. The molecule has 0 amide bonds. The molecule has 0 unspecified atom stereocenters. The monoisotopic (exact) mass is 268 g/mol. The van der Waals surface area contributed by atoms with Crippen molar-refractivity contribution in [2.45, 2.75) is 11.6 Å². The van der Waals surface area contributed by atoms with Crippen molar-refractivity contribution in [2.75, 3.05) is 5.32 Å². The topological polar surface area (TPSA) is 106 Å². The van der Waals surface area contributed by atoms with E-state index in [9.17, 15) is 13.5 Å². The number of nitrogens with one attached hydrogen (secondary N) is 1. The van der Waals surface area contributed by atoms with E-state index in [-0.39, 0.29) is 10.8 Å². The summed E-state index contributed by atoms with van der Waals surface area (Å²) in [7, 11) is -3.81. The van der Waals surface area contributed by atoms with Gasteiger partial charge >= 0.3 is 0 Å². The fourth-order valence-electron chi connectivity index (χ4n) is 1.41. The van der Waals surface area contributed by atoms with E-state index in [0.717, 1.165) is 0 Å². The van der Waals surface area contributed by atoms with Crippen molar-refractivity contribution in [3.63, 3.8) is 0 Å². The number of furan rings is 1. The first-order valence-electron chi connectivity index (χ1n) is 5.09. The second-order valence-electron chi connectivity index (χ2n) is 3.67. The highest BCUT2D eigenvalue weighted by Gasteiger charge is 2.12. The van der Waals surface area contributed by atoms with Crippen LogP contribution in [0.15, 0.2) is 45.9 Å². The number of rotatable bonds is 4. The second kappa shape index (κ2) is 4.71. The minimum absolute atomic E-state index is 0.143. The summed E-state index contributed by atoms with van der Waals surface area (Å²) in [6, 6.07) is 9.38. The molecule has 96 valence electrons. The molecule has 1 heterocycles. The summed E-state index contributed by atoms with van der Waals surface area (Å²) in [6.45, 7) is 0.291. The van der Waals surface area contributed by atoms with Crippen LogP contribution in [0.25, 0.3) is 0 Å². The van der Waals surface area contributed by atoms with Crippen LogP contribution in [0.5, 0.6) is 5.75 Å². The Morgan fingerprint density at radius 2 is 2.06 bits per heavy atom. The molecule has 7 heteroatoms. The summed E-state index contributed by atoms with van der Waals surface area (Å²) in [4.78, 5) is 0. The molecule has 0 aliphatic carbocycles. The van der Waals surface area contributed by atoms with E-state index >= 15 is 0 Å². The van der Waals surface area contributed by atoms with Crippen LogP contribution in [0, 0.1) is 0 Å². The zero-order chi connectivity index (χ0) is 13.2. The molecule has 0 saturated heterocycles. The number of phenolic OH excluding ortho intramolecular Hbond substituents is 1. The number of hydrogen-bond donors (Lipinski definition) is 3. The zero-order valence-electron chi connectivity index (χ0n) is 9.33. The van der Waals surface area contributed by atoms with Crippen molar-refractivity contribution in [3.8, 4) is 5.75 Å². The van der Waals surface area contributed by atoms with Crippen molar-refractivity contribution in [1.29, 1.82) is 0 Å². The fourth-order valence-corrected chi connectivity index (χ4v) is 1.89. The van der Waals surface area contributed by atoms with E-state index in [1.165, 1.54) is 12.1 Å². The molecular formula is C11H12N2O4S. The number of sulfonamides is 1. The minimum Gasteiger partial charge on any atom is -0.508 e. The molecule has 0 spiro atoms. The van der Waals surface area contributed by atoms with Gasteiger partial charge in [0.2, 0.25) is 5.09 Å². The summed E-state index contributed by atoms with van der Waals surface area (Å²) in [5, 5.41) is 16.9. The third-order valence-electron chi connectivity index (χ3n) is 2.23. The summed E-state index contributed by atoms with van der Waals surface area (Å²) in [5.41, 5.74) is 0.698. The van der Waals surface area contributed by atoms with Crippen LogP contribution in [0.3, 0.4) is 0 Å². The first-order valence-corrected chi connectivity index (χ1v) is 6.64. The number of primary sulfonamides is 1. The van der Waals surface area contributed by atoms with Crippen LogP contribution in [0.2, 0.25) is 0 Å². The number of aromatic hydroxyl groups is 1. The van der Waals surface area contributed by atoms with Crippen molar-refractivity contribution < 1.29 is 17.9 Å². The molecule has 1 aromatic heterocycles. The Hall–Kier alpha value is -1.99. The van der Waals surface area contributed by atoms with Crippen LogP contribution in [-0.2, 0) is 16.6 Å². The lowest BCUT2D eigenvalue weighted by molar-refractivity contribution is 0.419. The van der Waals surface area contributed by atoms with Gasteiger partial charge in [-0.1, -0.05) is 6.07 Å². The largest absolute Gasteiger partial charge is 0.508 e. The molecule has 0 radical (unpaired) electrons. The van der Waals surface area contributed by atoms with E-state index in [0.29, 0.717) is 18.0 Å². The lowest BCUT2D eigenvalue weighted by atomic mass is 10.3. The van der Waals surface area contributed by atoms with Crippen LogP contribution < -0.4 is 10.5 Å². The normalized spacial score (nSPS) is 11.4. The summed E-state index contributed by atoms with van der Waals surface area (Å²) < 4.78 is 27.1. The molecule has 0 aliphatic rings. The predicted octanol–water partition coefficient (Wildman–Crippen LogP) is 1.24. The molecule has 0 atom stereocenters.